The zero-order chi connectivity index (χ0) is 14.3. The number of amides is 1. The van der Waals surface area contributed by atoms with Crippen LogP contribution in [0.3, 0.4) is 0 Å². The first kappa shape index (κ1) is 15.5. The molecular formula is C13H17BrN2O3. The molecule has 0 unspecified atom stereocenters. The molecule has 1 aromatic rings. The molecule has 19 heavy (non-hydrogen) atoms. The van der Waals surface area contributed by atoms with E-state index in [4.69, 9.17) is 10.8 Å². The van der Waals surface area contributed by atoms with Crippen molar-refractivity contribution >= 4 is 33.5 Å². The Kier molecular flexibility index (Phi) is 6.35. The summed E-state index contributed by atoms with van der Waals surface area (Å²) in [4.78, 5) is 22.1. The van der Waals surface area contributed by atoms with Crippen molar-refractivity contribution in [2.75, 3.05) is 12.3 Å². The fourth-order valence-electron chi connectivity index (χ4n) is 1.55. The molecule has 0 aliphatic rings. The Balaban J connectivity index is 2.27. The van der Waals surface area contributed by atoms with Gasteiger partial charge in [0.15, 0.2) is 0 Å². The second kappa shape index (κ2) is 7.78. The number of rotatable bonds is 7. The molecule has 6 heteroatoms. The molecule has 104 valence electrons. The van der Waals surface area contributed by atoms with Gasteiger partial charge < -0.3 is 16.2 Å². The second-order valence-corrected chi connectivity index (χ2v) is 5.05. The molecule has 0 saturated carbocycles. The third-order valence-corrected chi connectivity index (χ3v) is 3.30. The summed E-state index contributed by atoms with van der Waals surface area (Å²) in [7, 11) is 0. The second-order valence-electron chi connectivity index (χ2n) is 4.20. The van der Waals surface area contributed by atoms with Gasteiger partial charge >= 0.3 is 5.97 Å². The van der Waals surface area contributed by atoms with Crippen LogP contribution >= 0.6 is 15.9 Å². The molecule has 0 radical (unpaired) electrons. The number of halogens is 1. The minimum atomic E-state index is -0.782. The summed E-state index contributed by atoms with van der Waals surface area (Å²) >= 11 is 3.27. The van der Waals surface area contributed by atoms with Crippen LogP contribution in [-0.2, 0) is 4.79 Å². The van der Waals surface area contributed by atoms with E-state index in [1.54, 1.807) is 18.2 Å². The molecule has 0 bridgehead atoms. The Hall–Kier alpha value is -1.56. The molecule has 0 fully saturated rings. The average molecular weight is 329 g/mol. The minimum absolute atomic E-state index is 0.154. The molecule has 0 aromatic heterocycles. The van der Waals surface area contributed by atoms with Crippen molar-refractivity contribution in [3.8, 4) is 0 Å². The van der Waals surface area contributed by atoms with Crippen LogP contribution in [-0.4, -0.2) is 23.5 Å². The van der Waals surface area contributed by atoms with Crippen LogP contribution in [0.25, 0.3) is 0 Å². The molecule has 0 aliphatic carbocycles. The van der Waals surface area contributed by atoms with Crippen LogP contribution in [0.1, 0.15) is 36.0 Å². The van der Waals surface area contributed by atoms with Crippen molar-refractivity contribution in [3.63, 3.8) is 0 Å². The van der Waals surface area contributed by atoms with Crippen molar-refractivity contribution in [3.05, 3.63) is 28.2 Å². The van der Waals surface area contributed by atoms with Crippen LogP contribution < -0.4 is 11.1 Å². The fraction of sp³-hybridized carbons (Fsp3) is 0.385. The summed E-state index contributed by atoms with van der Waals surface area (Å²) in [6.07, 6.45) is 2.38. The topological polar surface area (TPSA) is 92.4 Å². The van der Waals surface area contributed by atoms with Gasteiger partial charge in [0.05, 0.1) is 0 Å². The van der Waals surface area contributed by atoms with Gasteiger partial charge in [-0.2, -0.15) is 0 Å². The van der Waals surface area contributed by atoms with E-state index in [-0.39, 0.29) is 12.3 Å². The summed E-state index contributed by atoms with van der Waals surface area (Å²) in [5, 5.41) is 11.3. The van der Waals surface area contributed by atoms with Crippen LogP contribution in [0.4, 0.5) is 5.69 Å². The molecule has 4 N–H and O–H groups in total. The molecule has 1 amide bonds. The smallest absolute Gasteiger partial charge is 0.303 e. The average Bonchev–Trinajstić information content (AvgIpc) is 2.36. The van der Waals surface area contributed by atoms with Crippen molar-refractivity contribution in [2.24, 2.45) is 0 Å². The van der Waals surface area contributed by atoms with Gasteiger partial charge in [0.2, 0.25) is 0 Å². The van der Waals surface area contributed by atoms with Crippen LogP contribution in [0.2, 0.25) is 0 Å². The van der Waals surface area contributed by atoms with Crippen molar-refractivity contribution < 1.29 is 14.7 Å². The van der Waals surface area contributed by atoms with Gasteiger partial charge in [-0.15, -0.1) is 0 Å². The Bertz CT molecular complexity index is 463. The molecule has 0 atom stereocenters. The number of nitrogens with two attached hydrogens (primary N) is 1. The van der Waals surface area contributed by atoms with Gasteiger partial charge in [0, 0.05) is 28.7 Å². The number of nitrogens with one attached hydrogen (secondary N) is 1. The summed E-state index contributed by atoms with van der Waals surface area (Å²) < 4.78 is 0.696. The van der Waals surface area contributed by atoms with Gasteiger partial charge in [-0.1, -0.05) is 6.42 Å². The van der Waals surface area contributed by atoms with Crippen molar-refractivity contribution in [2.45, 2.75) is 25.7 Å². The first-order chi connectivity index (χ1) is 9.00. The van der Waals surface area contributed by atoms with Crippen LogP contribution in [0.15, 0.2) is 22.7 Å². The Labute approximate surface area is 120 Å². The number of benzene rings is 1. The Morgan fingerprint density at radius 2 is 2.00 bits per heavy atom. The minimum Gasteiger partial charge on any atom is -0.481 e. The standard InChI is InChI=1S/C13H17BrN2O3/c14-10-8-9(5-6-11(10)15)13(19)16-7-3-1-2-4-12(17)18/h5-6,8H,1-4,7,15H2,(H,16,19)(H,17,18). The Morgan fingerprint density at radius 1 is 1.26 bits per heavy atom. The molecule has 1 rings (SSSR count). The maximum atomic E-state index is 11.8. The highest BCUT2D eigenvalue weighted by molar-refractivity contribution is 9.10. The number of carboxylic acid groups (broad SMARTS) is 1. The van der Waals surface area contributed by atoms with Gasteiger partial charge in [-0.05, 0) is 47.0 Å². The van der Waals surface area contributed by atoms with Gasteiger partial charge in [-0.3, -0.25) is 9.59 Å². The highest BCUT2D eigenvalue weighted by Crippen LogP contribution is 2.20. The van der Waals surface area contributed by atoms with Gasteiger partial charge in [0.25, 0.3) is 5.91 Å². The number of nitrogen functional groups attached to an aromatic ring is 1. The first-order valence-electron chi connectivity index (χ1n) is 6.05. The largest absolute Gasteiger partial charge is 0.481 e. The zero-order valence-corrected chi connectivity index (χ0v) is 12.1. The van der Waals surface area contributed by atoms with Crippen LogP contribution in [0, 0.1) is 0 Å². The molecule has 0 aliphatic heterocycles. The third-order valence-electron chi connectivity index (χ3n) is 2.62. The molecule has 0 spiro atoms. The fourth-order valence-corrected chi connectivity index (χ4v) is 1.93. The number of carbonyl (C=O) groups excluding carboxylic acids is 1. The summed E-state index contributed by atoms with van der Waals surface area (Å²) in [5.74, 6) is -0.935. The molecule has 5 nitrogen and oxygen atoms in total. The number of unbranched alkanes of at least 4 members (excludes halogenated alkanes) is 2. The van der Waals surface area contributed by atoms with Gasteiger partial charge in [-0.25, -0.2) is 0 Å². The lowest BCUT2D eigenvalue weighted by Crippen LogP contribution is -2.24. The molecule has 0 heterocycles. The van der Waals surface area contributed by atoms with E-state index in [1.807, 2.05) is 0 Å². The van der Waals surface area contributed by atoms with E-state index in [0.717, 1.165) is 12.8 Å². The van der Waals surface area contributed by atoms with E-state index in [2.05, 4.69) is 21.2 Å². The monoisotopic (exact) mass is 328 g/mol. The number of carboxylic acids is 1. The predicted octanol–water partition coefficient (Wildman–Crippen LogP) is 2.41. The van der Waals surface area contributed by atoms with E-state index in [1.165, 1.54) is 0 Å². The number of aliphatic carboxylic acids is 1. The number of anilines is 1. The normalized spacial score (nSPS) is 10.2. The lowest BCUT2D eigenvalue weighted by molar-refractivity contribution is -0.137. The summed E-state index contributed by atoms with van der Waals surface area (Å²) in [6, 6.07) is 5.01. The quantitative estimate of drug-likeness (QED) is 0.529. The van der Waals surface area contributed by atoms with E-state index >= 15 is 0 Å². The molecule has 0 saturated heterocycles. The SMILES string of the molecule is Nc1ccc(C(=O)NCCCCCC(=O)O)cc1Br. The van der Waals surface area contributed by atoms with Gasteiger partial charge in [0.1, 0.15) is 0 Å². The van der Waals surface area contributed by atoms with E-state index in [0.29, 0.717) is 28.7 Å². The number of hydrogen-bond acceptors (Lipinski definition) is 3. The molecule has 1 aromatic carbocycles. The highest BCUT2D eigenvalue weighted by Gasteiger charge is 2.06. The highest BCUT2D eigenvalue weighted by atomic mass is 79.9. The summed E-state index contributed by atoms with van der Waals surface area (Å²) in [5.41, 5.74) is 6.78. The van der Waals surface area contributed by atoms with Crippen molar-refractivity contribution in [1.82, 2.24) is 5.32 Å². The Morgan fingerprint density at radius 3 is 2.63 bits per heavy atom. The maximum Gasteiger partial charge on any atom is 0.303 e. The molecular weight excluding hydrogens is 312 g/mol. The first-order valence-corrected chi connectivity index (χ1v) is 6.85. The van der Waals surface area contributed by atoms with E-state index in [9.17, 15) is 9.59 Å². The summed E-state index contributed by atoms with van der Waals surface area (Å²) in [6.45, 7) is 0.542. The van der Waals surface area contributed by atoms with Crippen molar-refractivity contribution in [1.29, 1.82) is 0 Å². The number of carbonyl (C=O) groups is 2. The lowest BCUT2D eigenvalue weighted by Gasteiger charge is -2.06. The van der Waals surface area contributed by atoms with E-state index < -0.39 is 5.97 Å². The lowest BCUT2D eigenvalue weighted by atomic mass is 10.1. The van der Waals surface area contributed by atoms with Crippen LogP contribution in [0.5, 0.6) is 0 Å². The number of hydrogen-bond donors (Lipinski definition) is 3. The predicted molar refractivity (Wildman–Crippen MR) is 77.0 cm³/mol. The zero-order valence-electron chi connectivity index (χ0n) is 10.5. The third kappa shape index (κ3) is 5.74. The maximum absolute atomic E-state index is 11.8.